The van der Waals surface area contributed by atoms with Gasteiger partial charge < -0.3 is 4.74 Å². The minimum atomic E-state index is -0.195. The minimum Gasteiger partial charge on any atom is -0.489 e. The number of nitrogens with zero attached hydrogens (tertiary/aromatic N) is 5. The zero-order chi connectivity index (χ0) is 27.8. The number of benzene rings is 3. The van der Waals surface area contributed by atoms with Crippen LogP contribution >= 0.6 is 22.7 Å². The molecule has 4 heterocycles. The van der Waals surface area contributed by atoms with Gasteiger partial charge in [0.05, 0.1) is 15.1 Å². The number of aromatic nitrogens is 5. The van der Waals surface area contributed by atoms with Crippen molar-refractivity contribution in [2.75, 3.05) is 0 Å². The SMILES string of the molecule is Cc1cc(-c2nn(-c3ccccc3)cc2/C=c2\sc3nc(-c4cccs4)nn3c2=O)ccc1OCc1ccccc1. The van der Waals surface area contributed by atoms with Gasteiger partial charge in [-0.2, -0.15) is 14.6 Å². The van der Waals surface area contributed by atoms with Gasteiger partial charge in [0, 0.05) is 17.3 Å². The molecule has 0 spiro atoms. The van der Waals surface area contributed by atoms with E-state index in [0.29, 0.717) is 21.9 Å². The number of rotatable bonds is 7. The molecule has 0 aliphatic heterocycles. The summed E-state index contributed by atoms with van der Waals surface area (Å²) in [6.45, 7) is 2.53. The third-order valence-corrected chi connectivity index (χ3v) is 8.48. The van der Waals surface area contributed by atoms with E-state index in [0.717, 1.165) is 44.3 Å². The summed E-state index contributed by atoms with van der Waals surface area (Å²) in [5, 5.41) is 11.4. The van der Waals surface area contributed by atoms with E-state index in [4.69, 9.17) is 9.84 Å². The summed E-state index contributed by atoms with van der Waals surface area (Å²) >= 11 is 2.87. The van der Waals surface area contributed by atoms with Crippen molar-refractivity contribution < 1.29 is 4.74 Å². The third-order valence-electron chi connectivity index (χ3n) is 6.66. The maximum Gasteiger partial charge on any atom is 0.291 e. The van der Waals surface area contributed by atoms with Gasteiger partial charge in [-0.3, -0.25) is 4.79 Å². The second-order valence-corrected chi connectivity index (χ2v) is 11.4. The molecule has 0 bridgehead atoms. The molecule has 0 unspecified atom stereocenters. The Hall–Kier alpha value is -4.86. The highest BCUT2D eigenvalue weighted by Crippen LogP contribution is 2.30. The molecule has 41 heavy (non-hydrogen) atoms. The first kappa shape index (κ1) is 25.1. The van der Waals surface area contributed by atoms with Gasteiger partial charge >= 0.3 is 0 Å². The zero-order valence-corrected chi connectivity index (χ0v) is 23.6. The molecule has 0 saturated heterocycles. The van der Waals surface area contributed by atoms with Crippen LogP contribution < -0.4 is 14.8 Å². The van der Waals surface area contributed by atoms with Crippen molar-refractivity contribution in [2.45, 2.75) is 13.5 Å². The van der Waals surface area contributed by atoms with Crippen LogP contribution in [0.3, 0.4) is 0 Å². The number of para-hydroxylation sites is 1. The van der Waals surface area contributed by atoms with Crippen LogP contribution in [0.2, 0.25) is 0 Å². The Bertz CT molecular complexity index is 2080. The van der Waals surface area contributed by atoms with Gasteiger partial charge in [0.1, 0.15) is 18.1 Å². The minimum absolute atomic E-state index is 0.195. The van der Waals surface area contributed by atoms with E-state index in [-0.39, 0.29) is 5.56 Å². The molecule has 7 aromatic rings. The molecular weight excluding hydrogens is 551 g/mol. The second kappa shape index (κ2) is 10.6. The van der Waals surface area contributed by atoms with Gasteiger partial charge in [-0.15, -0.1) is 16.4 Å². The van der Waals surface area contributed by atoms with Crippen molar-refractivity contribution >= 4 is 33.7 Å². The molecule has 0 amide bonds. The van der Waals surface area contributed by atoms with Crippen molar-refractivity contribution in [1.82, 2.24) is 24.4 Å². The van der Waals surface area contributed by atoms with Crippen LogP contribution in [0.5, 0.6) is 5.75 Å². The van der Waals surface area contributed by atoms with Crippen LogP contribution in [0.15, 0.2) is 107 Å². The van der Waals surface area contributed by atoms with E-state index in [1.165, 1.54) is 15.9 Å². The van der Waals surface area contributed by atoms with Crippen molar-refractivity contribution in [1.29, 1.82) is 0 Å². The van der Waals surface area contributed by atoms with Gasteiger partial charge in [0.2, 0.25) is 4.96 Å². The molecule has 0 aliphatic rings. The summed E-state index contributed by atoms with van der Waals surface area (Å²) in [4.78, 5) is 19.4. The summed E-state index contributed by atoms with van der Waals surface area (Å²) < 4.78 is 9.87. The van der Waals surface area contributed by atoms with Crippen LogP contribution in [0.25, 0.3) is 38.7 Å². The molecule has 0 radical (unpaired) electrons. The Balaban J connectivity index is 1.28. The van der Waals surface area contributed by atoms with Crippen LogP contribution in [0.4, 0.5) is 0 Å². The highest BCUT2D eigenvalue weighted by molar-refractivity contribution is 7.15. The third kappa shape index (κ3) is 4.97. The average molecular weight is 574 g/mol. The van der Waals surface area contributed by atoms with E-state index >= 15 is 0 Å². The largest absolute Gasteiger partial charge is 0.489 e. The highest BCUT2D eigenvalue weighted by atomic mass is 32.1. The van der Waals surface area contributed by atoms with Crippen molar-refractivity contribution in [2.24, 2.45) is 0 Å². The standard InChI is InChI=1S/C32H23N5O2S2/c1-21-17-23(14-15-26(21)39-20-22-9-4-2-5-10-22)29-24(19-36(34-29)25-11-6-3-7-12-25)18-28-31(38)37-32(41-28)33-30(35-37)27-13-8-16-40-27/h2-19H,20H2,1H3/b28-18-. The van der Waals surface area contributed by atoms with E-state index in [1.807, 2.05) is 114 Å². The quantitative estimate of drug-likeness (QED) is 0.228. The molecule has 3 aromatic carbocycles. The van der Waals surface area contributed by atoms with Crippen LogP contribution in [-0.2, 0) is 6.61 Å². The number of thiophene rings is 1. The van der Waals surface area contributed by atoms with Gasteiger partial charge in [-0.25, -0.2) is 4.68 Å². The Morgan fingerprint density at radius 2 is 1.73 bits per heavy atom. The Labute approximate surface area is 243 Å². The number of aryl methyl sites for hydroxylation is 1. The fourth-order valence-corrected chi connectivity index (χ4v) is 6.16. The Morgan fingerprint density at radius 1 is 0.927 bits per heavy atom. The molecular formula is C32H23N5O2S2. The lowest BCUT2D eigenvalue weighted by Crippen LogP contribution is -2.23. The second-order valence-electron chi connectivity index (χ2n) is 9.49. The lowest BCUT2D eigenvalue weighted by atomic mass is 10.0. The molecule has 9 heteroatoms. The summed E-state index contributed by atoms with van der Waals surface area (Å²) in [7, 11) is 0. The van der Waals surface area contributed by atoms with E-state index in [2.05, 4.69) is 16.1 Å². The monoisotopic (exact) mass is 573 g/mol. The maximum absolute atomic E-state index is 13.3. The highest BCUT2D eigenvalue weighted by Gasteiger charge is 2.16. The predicted octanol–water partition coefficient (Wildman–Crippen LogP) is 6.17. The number of hydrogen-bond donors (Lipinski definition) is 0. The molecule has 0 N–H and O–H groups in total. The van der Waals surface area contributed by atoms with Gasteiger partial charge in [0.15, 0.2) is 5.82 Å². The van der Waals surface area contributed by atoms with Crippen molar-refractivity contribution in [3.63, 3.8) is 0 Å². The summed E-state index contributed by atoms with van der Waals surface area (Å²) in [5.74, 6) is 1.39. The van der Waals surface area contributed by atoms with Crippen molar-refractivity contribution in [3.05, 3.63) is 134 Å². The summed E-state index contributed by atoms with van der Waals surface area (Å²) in [5.41, 5.74) is 5.38. The van der Waals surface area contributed by atoms with Gasteiger partial charge in [-0.1, -0.05) is 65.9 Å². The lowest BCUT2D eigenvalue weighted by Gasteiger charge is -2.10. The van der Waals surface area contributed by atoms with Gasteiger partial charge in [-0.05, 0) is 65.9 Å². The Morgan fingerprint density at radius 3 is 2.46 bits per heavy atom. The molecule has 7 rings (SSSR count). The summed E-state index contributed by atoms with van der Waals surface area (Å²) in [6, 6.07) is 30.0. The number of hydrogen-bond acceptors (Lipinski definition) is 7. The predicted molar refractivity (Wildman–Crippen MR) is 164 cm³/mol. The van der Waals surface area contributed by atoms with E-state index < -0.39 is 0 Å². The smallest absolute Gasteiger partial charge is 0.291 e. The molecule has 7 nitrogen and oxygen atoms in total. The van der Waals surface area contributed by atoms with Crippen LogP contribution in [0.1, 0.15) is 16.7 Å². The van der Waals surface area contributed by atoms with Crippen LogP contribution in [0, 0.1) is 6.92 Å². The maximum atomic E-state index is 13.3. The topological polar surface area (TPSA) is 74.3 Å². The number of ether oxygens (including phenoxy) is 1. The molecule has 0 fully saturated rings. The molecule has 0 aliphatic carbocycles. The normalized spacial score (nSPS) is 11.9. The van der Waals surface area contributed by atoms with E-state index in [9.17, 15) is 4.79 Å². The number of fused-ring (bicyclic) bond motifs is 1. The first-order chi connectivity index (χ1) is 20.1. The number of thiazole rings is 1. The molecule has 0 atom stereocenters. The fourth-order valence-electron chi connectivity index (χ4n) is 4.61. The fraction of sp³-hybridized carbons (Fsp3) is 0.0625. The average Bonchev–Trinajstić information content (AvgIpc) is 3.80. The molecule has 0 saturated carbocycles. The first-order valence-electron chi connectivity index (χ1n) is 13.0. The molecule has 200 valence electrons. The zero-order valence-electron chi connectivity index (χ0n) is 22.0. The van der Waals surface area contributed by atoms with E-state index in [1.54, 1.807) is 11.3 Å². The van der Waals surface area contributed by atoms with Gasteiger partial charge in [0.25, 0.3) is 5.56 Å². The van der Waals surface area contributed by atoms with Crippen LogP contribution in [-0.4, -0.2) is 24.4 Å². The molecule has 4 aromatic heterocycles. The first-order valence-corrected chi connectivity index (χ1v) is 14.7. The lowest BCUT2D eigenvalue weighted by molar-refractivity contribution is 0.304. The summed E-state index contributed by atoms with van der Waals surface area (Å²) in [6.07, 6.45) is 3.83. The van der Waals surface area contributed by atoms with Crippen molar-refractivity contribution in [3.8, 4) is 33.4 Å². The Kier molecular flexibility index (Phi) is 6.50.